The highest BCUT2D eigenvalue weighted by Crippen LogP contribution is 2.47. The Morgan fingerprint density at radius 3 is 1.19 bits per heavy atom. The number of hydrogen-bond donors (Lipinski definition) is 14. The predicted octanol–water partition coefficient (Wildman–Crippen LogP) is 2.07. The van der Waals surface area contributed by atoms with Crippen LogP contribution in [0.4, 0.5) is 22.7 Å². The van der Waals surface area contributed by atoms with Crippen molar-refractivity contribution in [2.24, 2.45) is 0 Å². The van der Waals surface area contributed by atoms with E-state index >= 15 is 0 Å². The minimum Gasteiger partial charge on any atom is -0.394 e. The van der Waals surface area contributed by atoms with Gasteiger partial charge in [0.15, 0.2) is 31.9 Å². The second-order valence-electron chi connectivity index (χ2n) is 22.2. The first-order valence-electron chi connectivity index (χ1n) is 28.0. The summed E-state index contributed by atoms with van der Waals surface area (Å²) in [5, 5.41) is 129. The number of benzene rings is 4. The highest BCUT2D eigenvalue weighted by Gasteiger charge is 2.50. The first kappa shape index (κ1) is 69.5. The molecule has 12 atom stereocenters. The van der Waals surface area contributed by atoms with Gasteiger partial charge in [-0.2, -0.15) is 10.1 Å². The van der Waals surface area contributed by atoms with E-state index in [0.717, 1.165) is 34.3 Å². The van der Waals surface area contributed by atoms with Crippen molar-refractivity contribution < 1.29 is 87.9 Å². The highest BCUT2D eigenvalue weighted by atomic mass is 32.2. The van der Waals surface area contributed by atoms with Crippen LogP contribution in [-0.2, 0) is 29.3 Å². The average Bonchev–Trinajstić information content (AvgIpc) is 2.62. The maximum absolute atomic E-state index is 13.8. The number of aliphatic hydroxyl groups is 10. The monoisotopic (exact) mass is 1220 g/mol. The third kappa shape index (κ3) is 15.5. The van der Waals surface area contributed by atoms with Crippen molar-refractivity contribution in [3.05, 3.63) is 107 Å². The van der Waals surface area contributed by atoms with E-state index in [4.69, 9.17) is 10.2 Å². The molecule has 6 rings (SSSR count). The molecule has 2 amide bonds. The van der Waals surface area contributed by atoms with Crippen molar-refractivity contribution in [3.8, 4) is 0 Å². The molecule has 0 bridgehead atoms. The van der Waals surface area contributed by atoms with Crippen molar-refractivity contribution in [3.63, 3.8) is 0 Å². The third-order valence-electron chi connectivity index (χ3n) is 16.0. The number of hydroxylamine groups is 4. The van der Waals surface area contributed by atoms with Gasteiger partial charge in [0.05, 0.1) is 57.7 Å². The molecule has 26 heteroatoms. The van der Waals surface area contributed by atoms with Gasteiger partial charge in [-0.3, -0.25) is 9.59 Å². The van der Waals surface area contributed by atoms with Crippen molar-refractivity contribution in [2.45, 2.75) is 161 Å². The fraction of sp³-hybridized carbons (Fsp3) is 0.552. The Kier molecular flexibility index (Phi) is 24.4. The Morgan fingerprint density at radius 2 is 0.893 bits per heavy atom. The Balaban J connectivity index is 0.000000307. The summed E-state index contributed by atoms with van der Waals surface area (Å²) >= 11 is 0. The van der Waals surface area contributed by atoms with Crippen LogP contribution in [0.2, 0.25) is 0 Å². The molecule has 0 spiro atoms. The van der Waals surface area contributed by atoms with Gasteiger partial charge in [-0.05, 0) is 109 Å². The highest BCUT2D eigenvalue weighted by molar-refractivity contribution is 7.91. The lowest BCUT2D eigenvalue weighted by atomic mass is 9.87. The SMILES string of the molecule is CCCC[C@@]1(CC)CS(=O)(=O)c2ccc(N(C)C)cc2[C@H](c2cccc(NC(=O)[C@H](O)[C@@H](O)[C@H](O)[C@H](O)CO)c2)N1O.CCCC[C@]1(CC)CS(=O)(=O)c2ccc(N(C)C)cc2[C@@H](c2cccc(NC(=O)[C@H](O)[C@@H](O)[C@H](O)[C@H](O)CO)c2)N1O. The fourth-order valence-electron chi connectivity index (χ4n) is 10.7. The van der Waals surface area contributed by atoms with Crippen molar-refractivity contribution in [1.29, 1.82) is 0 Å². The van der Waals surface area contributed by atoms with Crippen LogP contribution in [0.3, 0.4) is 0 Å². The van der Waals surface area contributed by atoms with Gasteiger partial charge in [-0.15, -0.1) is 0 Å². The standard InChI is InChI=1S/2C29H43N3O9S/c2*1-5-7-13-29(6-2)17-42(40,41)23-12-11-20(31(3)4)15-21(23)24(32(29)39)18-9-8-10-19(14-18)30-28(38)27(37)26(36)25(35)22(34)16-33/h2*8-12,14-15,22,24-27,33-37,39H,5-7,13,16-17H2,1-4H3,(H,30,38)/t22-,24+,25-,26+,27-,29+;22-,24-,25-,26+,27-,29-/m11/s1. The molecule has 4 aromatic rings. The fourth-order valence-corrected chi connectivity index (χ4v) is 15.0. The average molecular weight is 1220 g/mol. The van der Waals surface area contributed by atoms with E-state index in [2.05, 4.69) is 10.6 Å². The largest absolute Gasteiger partial charge is 0.394 e. The number of unbranched alkanes of at least 4 members (excludes halogenated alkanes) is 2. The molecular weight excluding hydrogens is 1130 g/mol. The van der Waals surface area contributed by atoms with Gasteiger partial charge in [-0.25, -0.2) is 16.8 Å². The van der Waals surface area contributed by atoms with Gasteiger partial charge >= 0.3 is 0 Å². The summed E-state index contributed by atoms with van der Waals surface area (Å²) in [6.45, 7) is 5.89. The molecule has 84 heavy (non-hydrogen) atoms. The third-order valence-corrected chi connectivity index (χ3v) is 19.9. The summed E-state index contributed by atoms with van der Waals surface area (Å²) in [5.41, 5.74) is 1.26. The van der Waals surface area contributed by atoms with Crippen LogP contribution in [0, 0.1) is 0 Å². The second-order valence-corrected chi connectivity index (χ2v) is 26.1. The number of nitrogens with zero attached hydrogens (tertiary/aromatic N) is 4. The summed E-state index contributed by atoms with van der Waals surface area (Å²) in [6, 6.07) is 20.8. The zero-order valence-corrected chi connectivity index (χ0v) is 50.4. The van der Waals surface area contributed by atoms with Crippen LogP contribution in [0.5, 0.6) is 0 Å². The summed E-state index contributed by atoms with van der Waals surface area (Å²) in [4.78, 5) is 29.3. The van der Waals surface area contributed by atoms with E-state index in [1.807, 2.05) is 65.7 Å². The minimum absolute atomic E-state index is 0.105. The van der Waals surface area contributed by atoms with Crippen LogP contribution in [0.15, 0.2) is 94.7 Å². The molecule has 24 nitrogen and oxygen atoms in total. The molecule has 0 radical (unpaired) electrons. The van der Waals surface area contributed by atoms with E-state index < -0.39 is 117 Å². The topological polar surface area (TPSA) is 382 Å². The number of aliphatic hydroxyl groups excluding tert-OH is 10. The van der Waals surface area contributed by atoms with Crippen molar-refractivity contribution in [1.82, 2.24) is 10.1 Å². The molecule has 0 fully saturated rings. The molecule has 14 N–H and O–H groups in total. The number of carbonyl (C=O) groups excluding carboxylic acids is 2. The Hall–Kier alpha value is -5.24. The number of amides is 2. The van der Waals surface area contributed by atoms with E-state index in [0.29, 0.717) is 60.8 Å². The van der Waals surface area contributed by atoms with Crippen molar-refractivity contribution in [2.75, 3.05) is 73.3 Å². The number of hydrogen-bond acceptors (Lipinski definition) is 22. The number of fused-ring (bicyclic) bond motifs is 2. The Bertz CT molecular complexity index is 2880. The maximum Gasteiger partial charge on any atom is 0.256 e. The lowest BCUT2D eigenvalue weighted by Crippen LogP contribution is -2.51. The lowest BCUT2D eigenvalue weighted by molar-refractivity contribution is -0.193. The molecule has 2 aliphatic rings. The van der Waals surface area contributed by atoms with Gasteiger partial charge in [-0.1, -0.05) is 77.6 Å². The molecule has 4 aromatic carbocycles. The summed E-state index contributed by atoms with van der Waals surface area (Å²) in [6.07, 6.45) is -11.4. The summed E-state index contributed by atoms with van der Waals surface area (Å²) in [7, 11) is -0.362. The molecule has 468 valence electrons. The molecule has 0 saturated heterocycles. The van der Waals surface area contributed by atoms with Gasteiger partial charge < -0.3 is 81.9 Å². The van der Waals surface area contributed by atoms with Gasteiger partial charge in [0, 0.05) is 50.9 Å². The maximum atomic E-state index is 13.8. The number of carbonyl (C=O) groups is 2. The van der Waals surface area contributed by atoms with Gasteiger partial charge in [0.2, 0.25) is 0 Å². The summed E-state index contributed by atoms with van der Waals surface area (Å²) in [5.74, 6) is -2.73. The molecule has 0 unspecified atom stereocenters. The van der Waals surface area contributed by atoms with Crippen LogP contribution < -0.4 is 20.4 Å². The molecule has 2 aliphatic heterocycles. The molecule has 0 saturated carbocycles. The van der Waals surface area contributed by atoms with E-state index in [-0.39, 0.29) is 32.7 Å². The van der Waals surface area contributed by atoms with Crippen LogP contribution >= 0.6 is 0 Å². The van der Waals surface area contributed by atoms with E-state index in [1.54, 1.807) is 60.7 Å². The Morgan fingerprint density at radius 1 is 0.548 bits per heavy atom. The molecule has 0 aliphatic carbocycles. The minimum atomic E-state index is -3.83. The molecule has 0 aromatic heterocycles. The van der Waals surface area contributed by atoms with Crippen LogP contribution in [-0.4, -0.2) is 213 Å². The van der Waals surface area contributed by atoms with Crippen LogP contribution in [0.25, 0.3) is 0 Å². The number of sulfone groups is 2. The van der Waals surface area contributed by atoms with E-state index in [9.17, 15) is 77.7 Å². The van der Waals surface area contributed by atoms with Crippen molar-refractivity contribution >= 4 is 54.2 Å². The van der Waals surface area contributed by atoms with E-state index in [1.165, 1.54) is 24.3 Å². The first-order chi connectivity index (χ1) is 39.4. The number of nitrogens with one attached hydrogen (secondary N) is 2. The predicted molar refractivity (Wildman–Crippen MR) is 314 cm³/mol. The van der Waals surface area contributed by atoms with Gasteiger partial charge in [0.1, 0.15) is 36.6 Å². The molecular formula is C58H86N6O18S2. The zero-order valence-electron chi connectivity index (χ0n) is 48.8. The lowest BCUT2D eigenvalue weighted by Gasteiger charge is -2.42. The smallest absolute Gasteiger partial charge is 0.256 e. The van der Waals surface area contributed by atoms with Crippen LogP contribution in [0.1, 0.15) is 113 Å². The quantitative estimate of drug-likeness (QED) is 0.0477. The first-order valence-corrected chi connectivity index (χ1v) is 31.3. The second kappa shape index (κ2) is 29.4. The van der Waals surface area contributed by atoms with Gasteiger partial charge in [0.25, 0.3) is 11.8 Å². The Labute approximate surface area is 491 Å². The molecule has 2 heterocycles. The number of anilines is 4. The number of rotatable bonds is 24. The zero-order chi connectivity index (χ0) is 62.8. The summed E-state index contributed by atoms with van der Waals surface area (Å²) < 4.78 is 55.2. The normalized spacial score (nSPS) is 23.2.